The summed E-state index contributed by atoms with van der Waals surface area (Å²) in [6.07, 6.45) is -2.62. The molecular weight excluding hydrogens is 323 g/mol. The van der Waals surface area contributed by atoms with Gasteiger partial charge in [0.2, 0.25) is 0 Å². The number of para-hydroxylation sites is 1. The maximum Gasteiger partial charge on any atom is 0.393 e. The number of hydrogen-bond donors (Lipinski definition) is 1. The van der Waals surface area contributed by atoms with E-state index in [-0.39, 0.29) is 19.6 Å². The van der Waals surface area contributed by atoms with Gasteiger partial charge in [-0.15, -0.1) is 0 Å². The number of rotatable bonds is 7. The van der Waals surface area contributed by atoms with Crippen LogP contribution in [0.2, 0.25) is 0 Å². The summed E-state index contributed by atoms with van der Waals surface area (Å²) in [4.78, 5) is 12.7. The fourth-order valence-electron chi connectivity index (χ4n) is 2.94. The first kappa shape index (κ1) is 18.6. The first-order chi connectivity index (χ1) is 11.3. The zero-order valence-electron chi connectivity index (χ0n) is 13.6. The number of carboxylic acid groups (broad SMARTS) is 1. The Morgan fingerprint density at radius 3 is 2.62 bits per heavy atom. The summed E-state index contributed by atoms with van der Waals surface area (Å²) in [6.45, 7) is 2.43. The molecule has 4 nitrogen and oxygen atoms in total. The molecule has 0 unspecified atom stereocenters. The lowest BCUT2D eigenvalue weighted by Crippen LogP contribution is -2.33. The Hall–Kier alpha value is -1.76. The summed E-state index contributed by atoms with van der Waals surface area (Å²) in [5, 5.41) is 9.08. The van der Waals surface area contributed by atoms with Gasteiger partial charge in [0, 0.05) is 25.2 Å². The van der Waals surface area contributed by atoms with Crippen LogP contribution in [-0.4, -0.2) is 41.8 Å². The molecule has 24 heavy (non-hydrogen) atoms. The Balaban J connectivity index is 2.08. The van der Waals surface area contributed by atoms with Gasteiger partial charge in [-0.2, -0.15) is 13.2 Å². The largest absolute Gasteiger partial charge is 0.493 e. The molecule has 2 rings (SSSR count). The number of halogens is 3. The lowest BCUT2D eigenvalue weighted by Gasteiger charge is -2.19. The van der Waals surface area contributed by atoms with Gasteiger partial charge in [-0.25, -0.2) is 0 Å². The molecule has 2 atom stereocenters. The fraction of sp³-hybridized carbons (Fsp3) is 0.588. The molecule has 1 saturated heterocycles. The number of likely N-dealkylation sites (tertiary alicyclic amines) is 1. The van der Waals surface area contributed by atoms with E-state index in [0.29, 0.717) is 12.4 Å². The van der Waals surface area contributed by atoms with E-state index in [1.807, 2.05) is 13.0 Å². The van der Waals surface area contributed by atoms with Gasteiger partial charge in [-0.05, 0) is 12.5 Å². The van der Waals surface area contributed by atoms with Gasteiger partial charge < -0.3 is 9.84 Å². The first-order valence-electron chi connectivity index (χ1n) is 8.05. The van der Waals surface area contributed by atoms with Crippen LogP contribution in [0.4, 0.5) is 13.2 Å². The molecule has 134 valence electrons. The standard InChI is InChI=1S/C17H22F3NO3/c1-2-3-8-24-15-7-5-4-6-12(15)9-21-10-13(16(22)23)14(11-21)17(18,19)20/h4-7,13-14H,2-3,8-11H2,1H3,(H,22,23)/t13-,14-/m1/s1. The van der Waals surface area contributed by atoms with Crippen LogP contribution in [-0.2, 0) is 11.3 Å². The molecule has 0 aliphatic carbocycles. The SMILES string of the molecule is CCCCOc1ccccc1CN1C[C@@H](C(F)(F)F)[C@H](C(=O)O)C1. The number of carbonyl (C=O) groups is 1. The van der Waals surface area contributed by atoms with Gasteiger partial charge >= 0.3 is 12.1 Å². The summed E-state index contributed by atoms with van der Waals surface area (Å²) in [5.74, 6) is -4.00. The van der Waals surface area contributed by atoms with E-state index < -0.39 is 24.0 Å². The molecule has 0 bridgehead atoms. The van der Waals surface area contributed by atoms with Gasteiger partial charge in [0.15, 0.2) is 0 Å². The zero-order chi connectivity index (χ0) is 17.7. The molecule has 0 aromatic heterocycles. The lowest BCUT2D eigenvalue weighted by atomic mass is 9.96. The van der Waals surface area contributed by atoms with Crippen molar-refractivity contribution >= 4 is 5.97 Å². The Bertz CT molecular complexity index is 562. The molecule has 1 heterocycles. The normalized spacial score (nSPS) is 21.8. The van der Waals surface area contributed by atoms with Crippen LogP contribution in [0.3, 0.4) is 0 Å². The van der Waals surface area contributed by atoms with Crippen molar-refractivity contribution in [2.45, 2.75) is 32.5 Å². The highest BCUT2D eigenvalue weighted by Gasteiger charge is 2.52. The average Bonchev–Trinajstić information content (AvgIpc) is 2.94. The molecule has 0 radical (unpaired) electrons. The van der Waals surface area contributed by atoms with Crippen molar-refractivity contribution in [2.24, 2.45) is 11.8 Å². The molecule has 1 aromatic carbocycles. The van der Waals surface area contributed by atoms with Crippen molar-refractivity contribution in [2.75, 3.05) is 19.7 Å². The van der Waals surface area contributed by atoms with Crippen molar-refractivity contribution < 1.29 is 27.8 Å². The third-order valence-corrected chi connectivity index (χ3v) is 4.26. The quantitative estimate of drug-likeness (QED) is 0.768. The summed E-state index contributed by atoms with van der Waals surface area (Å²) in [6, 6.07) is 7.20. The summed E-state index contributed by atoms with van der Waals surface area (Å²) in [7, 11) is 0. The molecule has 1 aliphatic rings. The summed E-state index contributed by atoms with van der Waals surface area (Å²) >= 11 is 0. The van der Waals surface area contributed by atoms with E-state index in [1.54, 1.807) is 23.1 Å². The predicted molar refractivity (Wildman–Crippen MR) is 82.8 cm³/mol. The Kier molecular flexibility index (Phi) is 6.10. The second-order valence-electron chi connectivity index (χ2n) is 6.10. The van der Waals surface area contributed by atoms with Crippen LogP contribution in [0.1, 0.15) is 25.3 Å². The van der Waals surface area contributed by atoms with Gasteiger partial charge in [-0.3, -0.25) is 9.69 Å². The Morgan fingerprint density at radius 2 is 2.04 bits per heavy atom. The smallest absolute Gasteiger partial charge is 0.393 e. The summed E-state index contributed by atoms with van der Waals surface area (Å²) in [5.41, 5.74) is 0.778. The molecule has 1 aliphatic heterocycles. The Labute approximate surface area is 139 Å². The third-order valence-electron chi connectivity index (χ3n) is 4.26. The fourth-order valence-corrected chi connectivity index (χ4v) is 2.94. The maximum atomic E-state index is 13.1. The molecule has 1 N–H and O–H groups in total. The number of hydrogen-bond acceptors (Lipinski definition) is 3. The monoisotopic (exact) mass is 345 g/mol. The number of benzene rings is 1. The number of aliphatic carboxylic acids is 1. The molecule has 1 aromatic rings. The molecule has 0 amide bonds. The van der Waals surface area contributed by atoms with Crippen LogP contribution in [0.15, 0.2) is 24.3 Å². The van der Waals surface area contributed by atoms with Gasteiger partial charge in [0.25, 0.3) is 0 Å². The third kappa shape index (κ3) is 4.63. The van der Waals surface area contributed by atoms with Crippen LogP contribution < -0.4 is 4.74 Å². The average molecular weight is 345 g/mol. The van der Waals surface area contributed by atoms with E-state index in [0.717, 1.165) is 18.4 Å². The predicted octanol–water partition coefficient (Wildman–Crippen LogP) is 3.56. The van der Waals surface area contributed by atoms with Crippen LogP contribution in [0, 0.1) is 11.8 Å². The van der Waals surface area contributed by atoms with Crippen LogP contribution in [0.25, 0.3) is 0 Å². The van der Waals surface area contributed by atoms with E-state index in [4.69, 9.17) is 9.84 Å². The van der Waals surface area contributed by atoms with Crippen molar-refractivity contribution in [3.63, 3.8) is 0 Å². The minimum absolute atomic E-state index is 0.108. The highest BCUT2D eigenvalue weighted by atomic mass is 19.4. The maximum absolute atomic E-state index is 13.1. The summed E-state index contributed by atoms with van der Waals surface area (Å²) < 4.78 is 44.9. The topological polar surface area (TPSA) is 49.8 Å². The van der Waals surface area contributed by atoms with E-state index >= 15 is 0 Å². The number of nitrogens with zero attached hydrogens (tertiary/aromatic N) is 1. The number of alkyl halides is 3. The number of carboxylic acids is 1. The van der Waals surface area contributed by atoms with Gasteiger partial charge in [0.05, 0.1) is 18.4 Å². The number of unbranched alkanes of at least 4 members (excludes halogenated alkanes) is 1. The van der Waals surface area contributed by atoms with Crippen molar-refractivity contribution in [1.82, 2.24) is 4.90 Å². The highest BCUT2D eigenvalue weighted by molar-refractivity contribution is 5.71. The second-order valence-corrected chi connectivity index (χ2v) is 6.10. The van der Waals surface area contributed by atoms with Crippen molar-refractivity contribution in [1.29, 1.82) is 0 Å². The van der Waals surface area contributed by atoms with E-state index in [1.165, 1.54) is 0 Å². The first-order valence-corrected chi connectivity index (χ1v) is 8.05. The lowest BCUT2D eigenvalue weighted by molar-refractivity contribution is -0.188. The van der Waals surface area contributed by atoms with Gasteiger partial charge in [0.1, 0.15) is 5.75 Å². The molecule has 7 heteroatoms. The molecule has 0 spiro atoms. The van der Waals surface area contributed by atoms with Crippen LogP contribution >= 0.6 is 0 Å². The number of ether oxygens (including phenoxy) is 1. The van der Waals surface area contributed by atoms with E-state index in [2.05, 4.69) is 0 Å². The minimum atomic E-state index is -4.51. The van der Waals surface area contributed by atoms with E-state index in [9.17, 15) is 18.0 Å². The molecule has 0 saturated carbocycles. The van der Waals surface area contributed by atoms with Crippen molar-refractivity contribution in [3.05, 3.63) is 29.8 Å². The highest BCUT2D eigenvalue weighted by Crippen LogP contribution is 2.38. The van der Waals surface area contributed by atoms with Crippen molar-refractivity contribution in [3.8, 4) is 5.75 Å². The molecular formula is C17H22F3NO3. The Morgan fingerprint density at radius 1 is 1.33 bits per heavy atom. The second kappa shape index (κ2) is 7.88. The van der Waals surface area contributed by atoms with Gasteiger partial charge in [-0.1, -0.05) is 31.5 Å². The zero-order valence-corrected chi connectivity index (χ0v) is 13.6. The minimum Gasteiger partial charge on any atom is -0.493 e. The molecule has 1 fully saturated rings. The van der Waals surface area contributed by atoms with Crippen LogP contribution in [0.5, 0.6) is 5.75 Å².